The number of carbonyl (C=O) groups is 2. The molecule has 2 aliphatic heterocycles. The van der Waals surface area contributed by atoms with Crippen molar-refractivity contribution < 1.29 is 9.59 Å². The second kappa shape index (κ2) is 8.61. The van der Waals surface area contributed by atoms with Crippen LogP contribution >= 0.6 is 0 Å². The summed E-state index contributed by atoms with van der Waals surface area (Å²) in [5, 5.41) is 0. The lowest BCUT2D eigenvalue weighted by Crippen LogP contribution is -2.40. The second-order valence-electron chi connectivity index (χ2n) is 8.61. The van der Waals surface area contributed by atoms with E-state index in [4.69, 9.17) is 4.98 Å². The Morgan fingerprint density at radius 1 is 1.00 bits per heavy atom. The van der Waals surface area contributed by atoms with Crippen LogP contribution in [0.15, 0.2) is 53.6 Å². The first kappa shape index (κ1) is 21.1. The molecular weight excluding hydrogens is 418 g/mol. The number of pyridine rings is 1. The number of hydrogen-bond donors (Lipinski definition) is 1. The molecule has 8 nitrogen and oxygen atoms in total. The SMILES string of the molecule is Cc1ccc(C(=O)N2CCC[C@H]2c2nc3c(c(=O)[nH]2)CCN(C(=O)c2ccncc2)C3)cc1. The van der Waals surface area contributed by atoms with Crippen LogP contribution < -0.4 is 5.56 Å². The van der Waals surface area contributed by atoms with Crippen molar-refractivity contribution in [3.63, 3.8) is 0 Å². The van der Waals surface area contributed by atoms with Crippen molar-refractivity contribution in [1.82, 2.24) is 24.8 Å². The van der Waals surface area contributed by atoms with Gasteiger partial charge in [-0.25, -0.2) is 4.98 Å². The van der Waals surface area contributed by atoms with Gasteiger partial charge in [-0.3, -0.25) is 19.4 Å². The van der Waals surface area contributed by atoms with Crippen molar-refractivity contribution in [2.24, 2.45) is 0 Å². The smallest absolute Gasteiger partial charge is 0.254 e. The summed E-state index contributed by atoms with van der Waals surface area (Å²) in [6.07, 6.45) is 5.21. The van der Waals surface area contributed by atoms with Gasteiger partial charge in [0.05, 0.1) is 18.3 Å². The van der Waals surface area contributed by atoms with Crippen molar-refractivity contribution in [3.05, 3.63) is 92.9 Å². The summed E-state index contributed by atoms with van der Waals surface area (Å²) >= 11 is 0. The van der Waals surface area contributed by atoms with E-state index in [1.807, 2.05) is 31.2 Å². The Balaban J connectivity index is 1.41. The average molecular weight is 444 g/mol. The Hall–Kier alpha value is -3.81. The van der Waals surface area contributed by atoms with Gasteiger partial charge < -0.3 is 14.8 Å². The van der Waals surface area contributed by atoms with Gasteiger partial charge in [0.1, 0.15) is 5.82 Å². The molecule has 2 aromatic heterocycles. The molecule has 8 heteroatoms. The van der Waals surface area contributed by atoms with E-state index in [1.54, 1.807) is 34.3 Å². The number of aromatic nitrogens is 3. The maximum absolute atomic E-state index is 13.2. The zero-order valence-corrected chi connectivity index (χ0v) is 18.5. The normalized spacial score (nSPS) is 17.7. The number of aromatic amines is 1. The Morgan fingerprint density at radius 3 is 2.48 bits per heavy atom. The van der Waals surface area contributed by atoms with E-state index in [2.05, 4.69) is 9.97 Å². The number of H-pyrrole nitrogens is 1. The van der Waals surface area contributed by atoms with Gasteiger partial charge in [-0.15, -0.1) is 0 Å². The molecule has 2 amide bonds. The molecule has 1 atom stereocenters. The number of fused-ring (bicyclic) bond motifs is 1. The van der Waals surface area contributed by atoms with Crippen LogP contribution in [0.3, 0.4) is 0 Å². The Morgan fingerprint density at radius 2 is 1.73 bits per heavy atom. The fraction of sp³-hybridized carbons (Fsp3) is 0.320. The maximum atomic E-state index is 13.2. The van der Waals surface area contributed by atoms with Gasteiger partial charge in [-0.2, -0.15) is 0 Å². The molecule has 0 aliphatic carbocycles. The molecular formula is C25H25N5O3. The van der Waals surface area contributed by atoms with Crippen molar-refractivity contribution in [1.29, 1.82) is 0 Å². The predicted molar refractivity (Wildman–Crippen MR) is 122 cm³/mol. The largest absolute Gasteiger partial charge is 0.332 e. The molecule has 4 heterocycles. The van der Waals surface area contributed by atoms with Gasteiger partial charge in [0, 0.05) is 42.2 Å². The molecule has 1 aromatic carbocycles. The number of nitrogens with one attached hydrogen (secondary N) is 1. The molecule has 1 fully saturated rings. The highest BCUT2D eigenvalue weighted by atomic mass is 16.2. The number of aryl methyl sites for hydroxylation is 1. The maximum Gasteiger partial charge on any atom is 0.254 e. The van der Waals surface area contributed by atoms with E-state index in [-0.39, 0.29) is 30.0 Å². The molecule has 2 aliphatic rings. The third kappa shape index (κ3) is 4.04. The van der Waals surface area contributed by atoms with Crippen molar-refractivity contribution in [2.75, 3.05) is 13.1 Å². The molecule has 1 saturated heterocycles. The summed E-state index contributed by atoms with van der Waals surface area (Å²) < 4.78 is 0. The first-order valence-electron chi connectivity index (χ1n) is 11.2. The minimum absolute atomic E-state index is 0.0626. The second-order valence-corrected chi connectivity index (χ2v) is 8.61. The third-order valence-corrected chi connectivity index (χ3v) is 6.43. The van der Waals surface area contributed by atoms with E-state index in [1.165, 1.54) is 0 Å². The zero-order valence-electron chi connectivity index (χ0n) is 18.5. The van der Waals surface area contributed by atoms with Gasteiger partial charge in [0.25, 0.3) is 17.4 Å². The lowest BCUT2D eigenvalue weighted by molar-refractivity contribution is 0.0728. The summed E-state index contributed by atoms with van der Waals surface area (Å²) in [4.78, 5) is 54.1. The first-order chi connectivity index (χ1) is 16.0. The van der Waals surface area contributed by atoms with Crippen LogP contribution in [0, 0.1) is 6.92 Å². The van der Waals surface area contributed by atoms with Crippen LogP contribution in [0.1, 0.15) is 62.2 Å². The molecule has 0 spiro atoms. The predicted octanol–water partition coefficient (Wildman–Crippen LogP) is 2.65. The van der Waals surface area contributed by atoms with E-state index in [0.29, 0.717) is 47.7 Å². The lowest BCUT2D eigenvalue weighted by atomic mass is 10.0. The number of benzene rings is 1. The standard InChI is InChI=1S/C25H25N5O3/c1-16-4-6-17(7-5-16)25(33)30-13-2-3-21(30)22-27-20-15-29(14-10-19(20)23(31)28-22)24(32)18-8-11-26-12-9-18/h4-9,11-12,21H,2-3,10,13-15H2,1H3,(H,27,28,31)/t21-/m0/s1. The van der Waals surface area contributed by atoms with Crippen LogP contribution in [0.4, 0.5) is 0 Å². The van der Waals surface area contributed by atoms with E-state index in [0.717, 1.165) is 18.4 Å². The summed E-state index contributed by atoms with van der Waals surface area (Å²) in [6, 6.07) is 10.6. The molecule has 0 bridgehead atoms. The van der Waals surface area contributed by atoms with Crippen molar-refractivity contribution >= 4 is 11.8 Å². The first-order valence-corrected chi connectivity index (χ1v) is 11.2. The average Bonchev–Trinajstić information content (AvgIpc) is 3.34. The summed E-state index contributed by atoms with van der Waals surface area (Å²) in [5.41, 5.74) is 3.33. The molecule has 1 N–H and O–H groups in total. The van der Waals surface area contributed by atoms with Gasteiger partial charge in [0.15, 0.2) is 0 Å². The molecule has 3 aromatic rings. The molecule has 33 heavy (non-hydrogen) atoms. The van der Waals surface area contributed by atoms with Crippen LogP contribution in [0.25, 0.3) is 0 Å². The fourth-order valence-corrected chi connectivity index (χ4v) is 4.62. The van der Waals surface area contributed by atoms with E-state index < -0.39 is 0 Å². The van der Waals surface area contributed by atoms with E-state index >= 15 is 0 Å². The number of likely N-dealkylation sites (tertiary alicyclic amines) is 1. The topological polar surface area (TPSA) is 99.3 Å². The number of amides is 2. The molecule has 0 unspecified atom stereocenters. The number of rotatable bonds is 3. The van der Waals surface area contributed by atoms with E-state index in [9.17, 15) is 14.4 Å². The Bertz CT molecular complexity index is 1250. The third-order valence-electron chi connectivity index (χ3n) is 6.43. The highest BCUT2D eigenvalue weighted by Crippen LogP contribution is 2.31. The van der Waals surface area contributed by atoms with Crippen molar-refractivity contribution in [3.8, 4) is 0 Å². The van der Waals surface area contributed by atoms with Crippen LogP contribution in [0.2, 0.25) is 0 Å². The number of carbonyl (C=O) groups excluding carboxylic acids is 2. The summed E-state index contributed by atoms with van der Waals surface area (Å²) in [5.74, 6) is 0.325. The molecule has 168 valence electrons. The lowest BCUT2D eigenvalue weighted by Gasteiger charge is -2.29. The van der Waals surface area contributed by atoms with Crippen molar-refractivity contribution in [2.45, 2.75) is 38.8 Å². The van der Waals surface area contributed by atoms with Crippen LogP contribution in [-0.2, 0) is 13.0 Å². The zero-order chi connectivity index (χ0) is 22.9. The molecule has 5 rings (SSSR count). The van der Waals surface area contributed by atoms with Gasteiger partial charge in [-0.1, -0.05) is 17.7 Å². The van der Waals surface area contributed by atoms with Crippen LogP contribution in [-0.4, -0.2) is 49.7 Å². The van der Waals surface area contributed by atoms with Crippen LogP contribution in [0.5, 0.6) is 0 Å². The number of hydrogen-bond acceptors (Lipinski definition) is 5. The summed E-state index contributed by atoms with van der Waals surface area (Å²) in [7, 11) is 0. The molecule has 0 radical (unpaired) electrons. The highest BCUT2D eigenvalue weighted by molar-refractivity contribution is 5.95. The number of nitrogens with zero attached hydrogens (tertiary/aromatic N) is 4. The van der Waals surface area contributed by atoms with Gasteiger partial charge >= 0.3 is 0 Å². The Kier molecular flexibility index (Phi) is 5.50. The van der Waals surface area contributed by atoms with Gasteiger partial charge in [0.2, 0.25) is 0 Å². The minimum Gasteiger partial charge on any atom is -0.332 e. The monoisotopic (exact) mass is 443 g/mol. The minimum atomic E-state index is -0.289. The highest BCUT2D eigenvalue weighted by Gasteiger charge is 2.34. The molecule has 0 saturated carbocycles. The van der Waals surface area contributed by atoms with Gasteiger partial charge in [-0.05, 0) is 50.5 Å². The Labute approximate surface area is 191 Å². The fourth-order valence-electron chi connectivity index (χ4n) is 4.62. The summed E-state index contributed by atoms with van der Waals surface area (Å²) in [6.45, 7) is 3.33. The quantitative estimate of drug-likeness (QED) is 0.671.